The maximum atomic E-state index is 12.7. The summed E-state index contributed by atoms with van der Waals surface area (Å²) in [5, 5.41) is 0. The van der Waals surface area contributed by atoms with Crippen LogP contribution in [0.15, 0.2) is 24.3 Å². The van der Waals surface area contributed by atoms with Crippen LogP contribution in [0.25, 0.3) is 0 Å². The Morgan fingerprint density at radius 3 is 2.26 bits per heavy atom. The topological polar surface area (TPSA) is 49.9 Å². The van der Waals surface area contributed by atoms with Gasteiger partial charge in [0.25, 0.3) is 5.91 Å². The van der Waals surface area contributed by atoms with Crippen molar-refractivity contribution in [3.8, 4) is 0 Å². The highest BCUT2D eigenvalue weighted by Gasteiger charge is 2.17. The van der Waals surface area contributed by atoms with Crippen LogP contribution in [0.5, 0.6) is 0 Å². The minimum atomic E-state index is -0.262. The van der Waals surface area contributed by atoms with Crippen LogP contribution in [0.2, 0.25) is 0 Å². The van der Waals surface area contributed by atoms with Gasteiger partial charge in [0.05, 0.1) is 13.0 Å². The summed E-state index contributed by atoms with van der Waals surface area (Å²) in [6.45, 7) is 6.06. The Bertz CT molecular complexity index is 497. The SMILES string of the molecule is CCOC(=O)CCN(CCCN(C)C)C(=O)c1ccc(C)cc1. The van der Waals surface area contributed by atoms with Crippen LogP contribution in [0.1, 0.15) is 35.7 Å². The first kappa shape index (κ1) is 19.2. The van der Waals surface area contributed by atoms with Crippen LogP contribution in [0.4, 0.5) is 0 Å². The Morgan fingerprint density at radius 2 is 1.70 bits per heavy atom. The molecule has 0 aliphatic carbocycles. The second kappa shape index (κ2) is 10.0. The van der Waals surface area contributed by atoms with Gasteiger partial charge in [-0.05, 0) is 53.0 Å². The van der Waals surface area contributed by atoms with Crippen LogP contribution >= 0.6 is 0 Å². The number of carbonyl (C=O) groups is 2. The Labute approximate surface area is 139 Å². The molecule has 1 aromatic rings. The van der Waals surface area contributed by atoms with E-state index in [0.717, 1.165) is 18.5 Å². The number of hydrogen-bond donors (Lipinski definition) is 0. The lowest BCUT2D eigenvalue weighted by Crippen LogP contribution is -2.35. The van der Waals surface area contributed by atoms with Crippen LogP contribution in [-0.4, -0.2) is 62.0 Å². The summed E-state index contributed by atoms with van der Waals surface area (Å²) in [4.78, 5) is 28.1. The molecule has 1 amide bonds. The third-order valence-corrected chi connectivity index (χ3v) is 3.51. The van der Waals surface area contributed by atoms with Gasteiger partial charge in [0.15, 0.2) is 0 Å². The molecule has 0 saturated heterocycles. The Kier molecular flexibility index (Phi) is 8.33. The van der Waals surface area contributed by atoms with Crippen molar-refractivity contribution >= 4 is 11.9 Å². The van der Waals surface area contributed by atoms with E-state index in [4.69, 9.17) is 4.74 Å². The first-order valence-electron chi connectivity index (χ1n) is 8.10. The highest BCUT2D eigenvalue weighted by Crippen LogP contribution is 2.09. The zero-order chi connectivity index (χ0) is 17.2. The van der Waals surface area contributed by atoms with Gasteiger partial charge >= 0.3 is 5.97 Å². The van der Waals surface area contributed by atoms with Crippen LogP contribution in [0, 0.1) is 6.92 Å². The van der Waals surface area contributed by atoms with Gasteiger partial charge in [-0.2, -0.15) is 0 Å². The zero-order valence-corrected chi connectivity index (χ0v) is 14.7. The summed E-state index contributed by atoms with van der Waals surface area (Å²) in [5.41, 5.74) is 1.77. The van der Waals surface area contributed by atoms with E-state index in [1.807, 2.05) is 45.3 Å². The molecule has 5 heteroatoms. The number of nitrogens with zero attached hydrogens (tertiary/aromatic N) is 2. The fourth-order valence-corrected chi connectivity index (χ4v) is 2.23. The van der Waals surface area contributed by atoms with E-state index >= 15 is 0 Å². The van der Waals surface area contributed by atoms with Crippen molar-refractivity contribution in [3.05, 3.63) is 35.4 Å². The normalized spacial score (nSPS) is 10.7. The van der Waals surface area contributed by atoms with Crippen molar-refractivity contribution in [1.29, 1.82) is 0 Å². The van der Waals surface area contributed by atoms with Gasteiger partial charge in [-0.25, -0.2) is 0 Å². The summed E-state index contributed by atoms with van der Waals surface area (Å²) in [6.07, 6.45) is 1.10. The molecule has 0 atom stereocenters. The second-order valence-electron chi connectivity index (χ2n) is 5.87. The van der Waals surface area contributed by atoms with Crippen LogP contribution in [-0.2, 0) is 9.53 Å². The van der Waals surface area contributed by atoms with E-state index in [9.17, 15) is 9.59 Å². The van der Waals surface area contributed by atoms with E-state index in [1.165, 1.54) is 0 Å². The predicted molar refractivity (Wildman–Crippen MR) is 91.5 cm³/mol. The number of rotatable bonds is 9. The molecule has 128 valence electrons. The maximum Gasteiger partial charge on any atom is 0.307 e. The van der Waals surface area contributed by atoms with E-state index in [0.29, 0.717) is 25.3 Å². The Hall–Kier alpha value is -1.88. The molecule has 1 aromatic carbocycles. The Balaban J connectivity index is 2.69. The van der Waals surface area contributed by atoms with Crippen LogP contribution in [0.3, 0.4) is 0 Å². The first-order chi connectivity index (χ1) is 10.9. The summed E-state index contributed by atoms with van der Waals surface area (Å²) < 4.78 is 4.95. The van der Waals surface area contributed by atoms with Gasteiger partial charge in [0.1, 0.15) is 0 Å². The van der Waals surface area contributed by atoms with Crippen molar-refractivity contribution in [2.24, 2.45) is 0 Å². The van der Waals surface area contributed by atoms with Gasteiger partial charge < -0.3 is 14.5 Å². The zero-order valence-electron chi connectivity index (χ0n) is 14.7. The molecule has 1 rings (SSSR count). The standard InChI is InChI=1S/C18H28N2O3/c1-5-23-17(21)11-14-20(13-6-12-19(3)4)18(22)16-9-7-15(2)8-10-16/h7-10H,5-6,11-14H2,1-4H3. The van der Waals surface area contributed by atoms with E-state index in [1.54, 1.807) is 11.8 Å². The van der Waals surface area contributed by atoms with Gasteiger partial charge in [-0.1, -0.05) is 17.7 Å². The molecule has 0 spiro atoms. The minimum Gasteiger partial charge on any atom is -0.466 e. The molecular formula is C18H28N2O3. The lowest BCUT2D eigenvalue weighted by molar-refractivity contribution is -0.143. The summed E-state index contributed by atoms with van der Waals surface area (Å²) in [6, 6.07) is 7.52. The van der Waals surface area contributed by atoms with Gasteiger partial charge in [-0.3, -0.25) is 9.59 Å². The van der Waals surface area contributed by atoms with Crippen molar-refractivity contribution in [2.75, 3.05) is 40.3 Å². The first-order valence-corrected chi connectivity index (χ1v) is 8.10. The molecule has 0 radical (unpaired) electrons. The number of esters is 1. The van der Waals surface area contributed by atoms with E-state index < -0.39 is 0 Å². The van der Waals surface area contributed by atoms with Gasteiger partial charge in [-0.15, -0.1) is 0 Å². The number of benzene rings is 1. The van der Waals surface area contributed by atoms with Crippen molar-refractivity contribution in [3.63, 3.8) is 0 Å². The molecule has 0 saturated carbocycles. The lowest BCUT2D eigenvalue weighted by atomic mass is 10.1. The molecule has 0 heterocycles. The molecule has 0 fully saturated rings. The van der Waals surface area contributed by atoms with Gasteiger partial charge in [0, 0.05) is 18.7 Å². The molecule has 0 bridgehead atoms. The number of aryl methyl sites for hydroxylation is 1. The number of hydrogen-bond acceptors (Lipinski definition) is 4. The largest absolute Gasteiger partial charge is 0.466 e. The van der Waals surface area contributed by atoms with Crippen molar-refractivity contribution < 1.29 is 14.3 Å². The highest BCUT2D eigenvalue weighted by molar-refractivity contribution is 5.94. The van der Waals surface area contributed by atoms with Crippen LogP contribution < -0.4 is 0 Å². The number of ether oxygens (including phenoxy) is 1. The third-order valence-electron chi connectivity index (χ3n) is 3.51. The fraction of sp³-hybridized carbons (Fsp3) is 0.556. The molecule has 23 heavy (non-hydrogen) atoms. The molecule has 0 N–H and O–H groups in total. The van der Waals surface area contributed by atoms with Crippen molar-refractivity contribution in [2.45, 2.75) is 26.7 Å². The molecular weight excluding hydrogens is 292 g/mol. The average Bonchev–Trinajstić information content (AvgIpc) is 2.50. The smallest absolute Gasteiger partial charge is 0.307 e. The van der Waals surface area contributed by atoms with E-state index in [-0.39, 0.29) is 18.3 Å². The second-order valence-corrected chi connectivity index (χ2v) is 5.87. The van der Waals surface area contributed by atoms with Crippen molar-refractivity contribution in [1.82, 2.24) is 9.80 Å². The third kappa shape index (κ3) is 7.28. The molecule has 0 aliphatic heterocycles. The van der Waals surface area contributed by atoms with E-state index in [2.05, 4.69) is 4.90 Å². The molecule has 0 unspecified atom stereocenters. The number of amides is 1. The lowest BCUT2D eigenvalue weighted by Gasteiger charge is -2.23. The summed E-state index contributed by atoms with van der Waals surface area (Å²) in [5.74, 6) is -0.296. The summed E-state index contributed by atoms with van der Waals surface area (Å²) >= 11 is 0. The predicted octanol–water partition coefficient (Wildman–Crippen LogP) is 2.34. The molecule has 0 aliphatic rings. The van der Waals surface area contributed by atoms with Gasteiger partial charge in [0.2, 0.25) is 0 Å². The average molecular weight is 320 g/mol. The highest BCUT2D eigenvalue weighted by atomic mass is 16.5. The molecule has 0 aromatic heterocycles. The fourth-order valence-electron chi connectivity index (χ4n) is 2.23. The Morgan fingerprint density at radius 1 is 1.04 bits per heavy atom. The molecule has 5 nitrogen and oxygen atoms in total. The quantitative estimate of drug-likeness (QED) is 0.655. The maximum absolute atomic E-state index is 12.7. The minimum absolute atomic E-state index is 0.0342. The monoisotopic (exact) mass is 320 g/mol. The summed E-state index contributed by atoms with van der Waals surface area (Å²) in [7, 11) is 4.01. The number of carbonyl (C=O) groups excluding carboxylic acids is 2.